The summed E-state index contributed by atoms with van der Waals surface area (Å²) >= 11 is 0. The van der Waals surface area contributed by atoms with Gasteiger partial charge >= 0.3 is 23.9 Å². The lowest BCUT2D eigenvalue weighted by atomic mass is 9.81. The van der Waals surface area contributed by atoms with Gasteiger partial charge < -0.3 is 18.9 Å². The van der Waals surface area contributed by atoms with Crippen molar-refractivity contribution in [2.24, 2.45) is 22.7 Å². The fourth-order valence-electron chi connectivity index (χ4n) is 5.88. The number of nitrogens with zero attached hydrogens (tertiary/aromatic N) is 2. The first-order valence-electron chi connectivity index (χ1n) is 18.2. The van der Waals surface area contributed by atoms with E-state index in [-0.39, 0.29) is 26.4 Å². The zero-order valence-corrected chi connectivity index (χ0v) is 32.0. The maximum absolute atomic E-state index is 13.3. The molecule has 56 heavy (non-hydrogen) atoms. The van der Waals surface area contributed by atoms with Crippen molar-refractivity contribution in [3.63, 3.8) is 0 Å². The Labute approximate surface area is 328 Å². The van der Waals surface area contributed by atoms with Crippen molar-refractivity contribution in [1.82, 2.24) is 0 Å². The van der Waals surface area contributed by atoms with Crippen molar-refractivity contribution in [2.75, 3.05) is 26.4 Å². The monoisotopic (exact) mass is 754 g/mol. The molecule has 0 radical (unpaired) electrons. The lowest BCUT2D eigenvalue weighted by molar-refractivity contribution is -0.154. The number of carbonyl (C=O) groups is 4. The highest BCUT2D eigenvalue weighted by Crippen LogP contribution is 2.34. The number of hydrogen-bond acceptors (Lipinski definition) is 10. The van der Waals surface area contributed by atoms with E-state index in [1.54, 1.807) is 27.7 Å². The molecule has 0 spiro atoms. The normalized spacial score (nSPS) is 12.6. The summed E-state index contributed by atoms with van der Waals surface area (Å²) in [5.74, 6) is -6.35. The summed E-state index contributed by atoms with van der Waals surface area (Å²) in [6.07, 6.45) is 1.86. The van der Waals surface area contributed by atoms with Gasteiger partial charge in [-0.05, 0) is 22.3 Å². The molecule has 2 atom stereocenters. The zero-order chi connectivity index (χ0) is 40.6. The van der Waals surface area contributed by atoms with Crippen LogP contribution < -0.4 is 0 Å². The molecule has 0 N–H and O–H groups in total. The number of benzene rings is 4. The van der Waals surface area contributed by atoms with Gasteiger partial charge in [0.2, 0.25) is 0 Å². The van der Waals surface area contributed by atoms with E-state index in [2.05, 4.69) is 12.1 Å². The van der Waals surface area contributed by atoms with E-state index in [4.69, 9.17) is 18.9 Å². The standard InChI is InChI=1S/C46H46N2O8/c1-45(2,31-55-43(51)37(27-47)41(33-17-9-5-10-18-33)34-19-11-6-12-20-34)29-53-39(49)25-26-40(50)54-30-46(3,4)32-56-44(52)38(28-48)42(35-21-13-7-14-22-35)36-23-15-8-16-24-36/h5-26,37-38,41-42H,29-32H2,1-4H3/b26-25+. The molecule has 0 bridgehead atoms. The molecule has 0 aromatic heterocycles. The predicted molar refractivity (Wildman–Crippen MR) is 208 cm³/mol. The molecule has 0 heterocycles. The largest absolute Gasteiger partial charge is 0.464 e. The minimum Gasteiger partial charge on any atom is -0.464 e. The van der Waals surface area contributed by atoms with Crippen molar-refractivity contribution >= 4 is 23.9 Å². The Bertz CT molecular complexity index is 1790. The van der Waals surface area contributed by atoms with E-state index in [1.165, 1.54) is 0 Å². The van der Waals surface area contributed by atoms with Crippen molar-refractivity contribution < 1.29 is 38.1 Å². The third kappa shape index (κ3) is 12.5. The molecule has 4 aromatic carbocycles. The summed E-state index contributed by atoms with van der Waals surface area (Å²) < 4.78 is 21.8. The molecular weight excluding hydrogens is 709 g/mol. The van der Waals surface area contributed by atoms with Crippen LogP contribution in [0.4, 0.5) is 0 Å². The molecule has 0 saturated carbocycles. The van der Waals surface area contributed by atoms with Gasteiger partial charge in [0.15, 0.2) is 11.8 Å². The van der Waals surface area contributed by atoms with Crippen LogP contribution in [0.2, 0.25) is 0 Å². The number of nitriles is 2. The Kier molecular flexibility index (Phi) is 15.3. The number of hydrogen-bond donors (Lipinski definition) is 0. The Morgan fingerprint density at radius 1 is 0.482 bits per heavy atom. The first-order chi connectivity index (χ1) is 26.8. The van der Waals surface area contributed by atoms with Crippen molar-refractivity contribution in [1.29, 1.82) is 10.5 Å². The van der Waals surface area contributed by atoms with Crippen LogP contribution in [-0.4, -0.2) is 50.3 Å². The Morgan fingerprint density at radius 3 is 0.982 bits per heavy atom. The summed E-state index contributed by atoms with van der Waals surface area (Å²) in [7, 11) is 0. The highest BCUT2D eigenvalue weighted by Gasteiger charge is 2.35. The van der Waals surface area contributed by atoms with E-state index in [1.807, 2.05) is 121 Å². The van der Waals surface area contributed by atoms with Gasteiger partial charge in [-0.15, -0.1) is 0 Å². The van der Waals surface area contributed by atoms with Gasteiger partial charge in [0.25, 0.3) is 0 Å². The Balaban J connectivity index is 1.24. The van der Waals surface area contributed by atoms with E-state index < -0.39 is 58.4 Å². The van der Waals surface area contributed by atoms with E-state index >= 15 is 0 Å². The number of carbonyl (C=O) groups excluding carboxylic acids is 4. The second-order valence-corrected chi connectivity index (χ2v) is 14.9. The van der Waals surface area contributed by atoms with Crippen molar-refractivity contribution in [2.45, 2.75) is 39.5 Å². The quantitative estimate of drug-likeness (QED) is 0.0561. The highest BCUT2D eigenvalue weighted by molar-refractivity contribution is 5.91. The molecule has 4 aromatic rings. The molecule has 0 amide bonds. The number of ether oxygens (including phenoxy) is 4. The molecular formula is C46H46N2O8. The van der Waals surface area contributed by atoms with Gasteiger partial charge in [-0.2, -0.15) is 10.5 Å². The van der Waals surface area contributed by atoms with Crippen LogP contribution in [0, 0.1) is 45.3 Å². The van der Waals surface area contributed by atoms with Gasteiger partial charge in [0.05, 0.1) is 38.6 Å². The van der Waals surface area contributed by atoms with Crippen molar-refractivity contribution in [3.05, 3.63) is 156 Å². The van der Waals surface area contributed by atoms with E-state index in [9.17, 15) is 29.7 Å². The molecule has 4 rings (SSSR count). The molecule has 0 aliphatic heterocycles. The summed E-state index contributed by atoms with van der Waals surface area (Å²) in [6, 6.07) is 41.3. The Hall–Kier alpha value is -6.52. The second kappa shape index (κ2) is 20.2. The average Bonchev–Trinajstić information content (AvgIpc) is 3.22. The maximum Gasteiger partial charge on any atom is 0.331 e. The van der Waals surface area contributed by atoms with Crippen LogP contribution >= 0.6 is 0 Å². The third-order valence-electron chi connectivity index (χ3n) is 8.86. The minimum atomic E-state index is -1.12. The fraction of sp³-hybridized carbons (Fsp3) is 0.304. The van der Waals surface area contributed by atoms with Crippen molar-refractivity contribution in [3.8, 4) is 12.1 Å². The first kappa shape index (κ1) is 42.2. The van der Waals surface area contributed by atoms with Gasteiger partial charge in [0.1, 0.15) is 0 Å². The third-order valence-corrected chi connectivity index (χ3v) is 8.86. The van der Waals surface area contributed by atoms with Gasteiger partial charge in [-0.25, -0.2) is 9.59 Å². The van der Waals surface area contributed by atoms with Gasteiger partial charge in [-0.3, -0.25) is 9.59 Å². The topological polar surface area (TPSA) is 153 Å². The maximum atomic E-state index is 13.3. The molecule has 0 aliphatic carbocycles. The molecule has 10 nitrogen and oxygen atoms in total. The molecule has 2 unspecified atom stereocenters. The number of esters is 4. The summed E-state index contributed by atoms with van der Waals surface area (Å²) in [6.45, 7) is 6.38. The lowest BCUT2D eigenvalue weighted by Gasteiger charge is -2.26. The molecule has 288 valence electrons. The molecule has 0 saturated heterocycles. The highest BCUT2D eigenvalue weighted by atomic mass is 16.6. The second-order valence-electron chi connectivity index (χ2n) is 14.9. The van der Waals surface area contributed by atoms with Crippen LogP contribution in [0.3, 0.4) is 0 Å². The Morgan fingerprint density at radius 2 is 0.732 bits per heavy atom. The fourth-order valence-corrected chi connectivity index (χ4v) is 5.88. The predicted octanol–water partition coefficient (Wildman–Crippen LogP) is 7.71. The lowest BCUT2D eigenvalue weighted by Crippen LogP contribution is -2.32. The molecule has 0 fully saturated rings. The summed E-state index contributed by atoms with van der Waals surface area (Å²) in [5.41, 5.74) is 1.56. The summed E-state index contributed by atoms with van der Waals surface area (Å²) in [5, 5.41) is 20.1. The first-order valence-corrected chi connectivity index (χ1v) is 18.2. The molecule has 0 aliphatic rings. The van der Waals surface area contributed by atoms with Gasteiger partial charge in [-0.1, -0.05) is 149 Å². The smallest absolute Gasteiger partial charge is 0.331 e. The SMILES string of the molecule is CC(C)(COC(=O)/C=C/C(=O)OCC(C)(C)COC(=O)C(C#N)C(c1ccccc1)c1ccccc1)COC(=O)C(C#N)C(c1ccccc1)c1ccccc1. The van der Waals surface area contributed by atoms with Crippen LogP contribution in [0.5, 0.6) is 0 Å². The van der Waals surface area contributed by atoms with Crippen LogP contribution in [0.25, 0.3) is 0 Å². The number of rotatable bonds is 18. The average molecular weight is 755 g/mol. The summed E-state index contributed by atoms with van der Waals surface area (Å²) in [4.78, 5) is 51.5. The van der Waals surface area contributed by atoms with Gasteiger partial charge in [0, 0.05) is 34.8 Å². The van der Waals surface area contributed by atoms with Crippen LogP contribution in [0.15, 0.2) is 133 Å². The van der Waals surface area contributed by atoms with E-state index in [0.717, 1.165) is 34.4 Å². The molecule has 10 heteroatoms. The van der Waals surface area contributed by atoms with Crippen LogP contribution in [-0.2, 0) is 38.1 Å². The van der Waals surface area contributed by atoms with Crippen LogP contribution in [0.1, 0.15) is 61.8 Å². The van der Waals surface area contributed by atoms with E-state index in [0.29, 0.717) is 0 Å². The zero-order valence-electron chi connectivity index (χ0n) is 32.0. The minimum absolute atomic E-state index is 0.132.